The number of sulfonamides is 1. The number of methoxy groups -OCH3 is 2. The van der Waals surface area contributed by atoms with Crippen molar-refractivity contribution in [3.63, 3.8) is 0 Å². The number of hydrogen-bond acceptors (Lipinski definition) is 6. The maximum Gasteiger partial charge on any atom is 2.00 e. The molecule has 2 aromatic heterocycles. The molecule has 8 nitrogen and oxygen atoms in total. The third-order valence-corrected chi connectivity index (χ3v) is 5.33. The van der Waals surface area contributed by atoms with Gasteiger partial charge in [0.1, 0.15) is 11.5 Å². The fraction of sp³-hybridized carbons (Fsp3) is 0.294. The molecule has 0 atom stereocenters. The number of aromatic amines is 1. The van der Waals surface area contributed by atoms with Gasteiger partial charge in [0.25, 0.3) is 10.0 Å². The molecule has 0 saturated heterocycles. The van der Waals surface area contributed by atoms with Crippen molar-refractivity contribution in [2.24, 2.45) is 0 Å². The van der Waals surface area contributed by atoms with Crippen LogP contribution in [0, 0.1) is 13.8 Å². The van der Waals surface area contributed by atoms with E-state index in [9.17, 15) is 8.42 Å². The first kappa shape index (κ1) is 21.4. The van der Waals surface area contributed by atoms with Crippen LogP contribution >= 0.6 is 0 Å². The van der Waals surface area contributed by atoms with E-state index in [1.165, 1.54) is 0 Å². The van der Waals surface area contributed by atoms with Gasteiger partial charge in [-0.25, -0.2) is 18.1 Å². The summed E-state index contributed by atoms with van der Waals surface area (Å²) >= 11 is 0. The van der Waals surface area contributed by atoms with Gasteiger partial charge in [-0.3, -0.25) is 4.98 Å². The summed E-state index contributed by atoms with van der Waals surface area (Å²) in [7, 11) is -0.706. The molecule has 0 unspecified atom stereocenters. The van der Waals surface area contributed by atoms with Crippen LogP contribution in [0.2, 0.25) is 0 Å². The zero-order chi connectivity index (χ0) is 18.9. The van der Waals surface area contributed by atoms with Gasteiger partial charge < -0.3 is 17.3 Å². The van der Waals surface area contributed by atoms with Crippen molar-refractivity contribution in [2.45, 2.75) is 25.5 Å². The van der Waals surface area contributed by atoms with Gasteiger partial charge in [-0.1, -0.05) is 0 Å². The molecule has 142 valence electrons. The number of aryl methyl sites for hydroxylation is 1. The Morgan fingerprint density at radius 2 is 1.96 bits per heavy atom. The third-order valence-electron chi connectivity index (χ3n) is 4.10. The number of H-pyrrole nitrogens is 1. The average Bonchev–Trinajstić information content (AvgIpc) is 3.05. The number of benzene rings is 1. The number of nitrogens with one attached hydrogen (secondary N) is 2. The number of fused-ring (bicyclic) bond motifs is 1. The molecule has 2 N–H and O–H groups in total. The first-order valence-electron chi connectivity index (χ1n) is 7.88. The second-order valence-electron chi connectivity index (χ2n) is 5.80. The van der Waals surface area contributed by atoms with Crippen molar-refractivity contribution >= 4 is 44.1 Å². The normalized spacial score (nSPS) is 11.3. The van der Waals surface area contributed by atoms with Gasteiger partial charge >= 0.3 is 23.1 Å². The molecule has 0 amide bonds. The SMILES string of the molecule is COc1ccc2nc(S(=O)(=O)NCc3ncc(C)c(OC)c3C)[nH]c2c1.[H-].[H-].[Mg+2]. The van der Waals surface area contributed by atoms with E-state index < -0.39 is 10.0 Å². The molecule has 1 aromatic carbocycles. The van der Waals surface area contributed by atoms with Gasteiger partial charge in [-0.2, -0.15) is 0 Å². The van der Waals surface area contributed by atoms with Crippen LogP contribution in [0.15, 0.2) is 29.6 Å². The van der Waals surface area contributed by atoms with E-state index in [1.54, 1.807) is 38.6 Å². The Balaban J connectivity index is 0.00000261. The molecule has 3 rings (SSSR count). The van der Waals surface area contributed by atoms with E-state index in [1.807, 2.05) is 13.8 Å². The molecule has 3 aromatic rings. The maximum absolute atomic E-state index is 12.6. The van der Waals surface area contributed by atoms with Crippen LogP contribution in [0.5, 0.6) is 11.5 Å². The van der Waals surface area contributed by atoms with Crippen molar-refractivity contribution in [1.29, 1.82) is 0 Å². The Bertz CT molecular complexity index is 1080. The van der Waals surface area contributed by atoms with Crippen molar-refractivity contribution < 1.29 is 20.7 Å². The van der Waals surface area contributed by atoms with Crippen molar-refractivity contribution in [3.8, 4) is 11.5 Å². The Morgan fingerprint density at radius 3 is 2.63 bits per heavy atom. The van der Waals surface area contributed by atoms with Gasteiger partial charge in [0.2, 0.25) is 5.16 Å². The van der Waals surface area contributed by atoms with Crippen LogP contribution in [0.4, 0.5) is 0 Å². The van der Waals surface area contributed by atoms with Crippen molar-refractivity contribution in [3.05, 3.63) is 41.2 Å². The summed E-state index contributed by atoms with van der Waals surface area (Å²) in [5, 5.41) is -0.155. The molecule has 27 heavy (non-hydrogen) atoms. The summed E-state index contributed by atoms with van der Waals surface area (Å²) < 4.78 is 38.1. The summed E-state index contributed by atoms with van der Waals surface area (Å²) in [5.74, 6) is 1.31. The number of imidazole rings is 1. The smallest absolute Gasteiger partial charge is 1.00 e. The topological polar surface area (TPSA) is 106 Å². The molecule has 0 fully saturated rings. The predicted octanol–water partition coefficient (Wildman–Crippen LogP) is 1.91. The third kappa shape index (κ3) is 4.34. The first-order chi connectivity index (χ1) is 12.4. The molecule has 0 spiro atoms. The zero-order valence-electron chi connectivity index (χ0n) is 17.7. The molecule has 10 heteroatoms. The zero-order valence-corrected chi connectivity index (χ0v) is 17.9. The number of pyridine rings is 1. The van der Waals surface area contributed by atoms with Gasteiger partial charge in [0.05, 0.1) is 37.5 Å². The number of aromatic nitrogens is 3. The fourth-order valence-electron chi connectivity index (χ4n) is 2.70. The first-order valence-corrected chi connectivity index (χ1v) is 9.36. The maximum atomic E-state index is 12.6. The van der Waals surface area contributed by atoms with Gasteiger partial charge in [-0.15, -0.1) is 0 Å². The number of hydrogen-bond donors (Lipinski definition) is 2. The number of nitrogens with zero attached hydrogens (tertiary/aromatic N) is 2. The molecule has 0 aliphatic rings. The van der Waals surface area contributed by atoms with Crippen LogP contribution in [0.25, 0.3) is 11.0 Å². The van der Waals surface area contributed by atoms with E-state index in [4.69, 9.17) is 9.47 Å². The Hall–Kier alpha value is -1.88. The van der Waals surface area contributed by atoms with Gasteiger partial charge in [0, 0.05) is 23.4 Å². The van der Waals surface area contributed by atoms with E-state index >= 15 is 0 Å². The number of rotatable bonds is 6. The van der Waals surface area contributed by atoms with Crippen LogP contribution in [-0.2, 0) is 16.6 Å². The fourth-order valence-corrected chi connectivity index (χ4v) is 3.63. The quantitative estimate of drug-likeness (QED) is 0.610. The summed E-state index contributed by atoms with van der Waals surface area (Å²) in [6.07, 6.45) is 1.66. The van der Waals surface area contributed by atoms with Crippen LogP contribution in [-0.4, -0.2) is 60.6 Å². The van der Waals surface area contributed by atoms with Gasteiger partial charge in [-0.05, 0) is 26.0 Å². The molecular weight excluding hydrogens is 381 g/mol. The van der Waals surface area contributed by atoms with E-state index in [0.717, 1.165) is 11.1 Å². The molecule has 0 aliphatic heterocycles. The van der Waals surface area contributed by atoms with E-state index in [2.05, 4.69) is 19.7 Å². The second-order valence-corrected chi connectivity index (χ2v) is 7.48. The minimum atomic E-state index is -3.82. The van der Waals surface area contributed by atoms with E-state index in [-0.39, 0.29) is 37.6 Å². The van der Waals surface area contributed by atoms with Crippen molar-refractivity contribution in [2.75, 3.05) is 14.2 Å². The van der Waals surface area contributed by atoms with Crippen molar-refractivity contribution in [1.82, 2.24) is 19.7 Å². The van der Waals surface area contributed by atoms with Gasteiger partial charge in [0.15, 0.2) is 0 Å². The summed E-state index contributed by atoms with van der Waals surface area (Å²) in [5.41, 5.74) is 3.40. The monoisotopic (exact) mass is 402 g/mol. The molecule has 0 bridgehead atoms. The molecule has 2 heterocycles. The molecule has 0 saturated carbocycles. The standard InChI is InChI=1S/C17H20N4O4S.Mg.2H/c1-10-8-18-15(11(2)16(10)25-4)9-19-26(22,23)17-20-13-6-5-12(24-3)7-14(13)21-17;;;/h5-8,19H,9H2,1-4H3,(H,20,21);;;/q;+2;2*-1. The molecule has 0 radical (unpaired) electrons. The second kappa shape index (κ2) is 8.42. The predicted molar refractivity (Wildman–Crippen MR) is 105 cm³/mol. The Kier molecular flexibility index (Phi) is 6.68. The molecular formula is C17H22MgN4O4S. The minimum Gasteiger partial charge on any atom is -1.00 e. The minimum absolute atomic E-state index is 0. The largest absolute Gasteiger partial charge is 2.00 e. The van der Waals surface area contributed by atoms with Crippen LogP contribution in [0.1, 0.15) is 19.7 Å². The Morgan fingerprint density at radius 1 is 1.22 bits per heavy atom. The molecule has 0 aliphatic carbocycles. The van der Waals surface area contributed by atoms with E-state index in [0.29, 0.717) is 28.2 Å². The summed E-state index contributed by atoms with van der Waals surface area (Å²) in [4.78, 5) is 11.2. The van der Waals surface area contributed by atoms with Crippen LogP contribution in [0.3, 0.4) is 0 Å². The summed E-state index contributed by atoms with van der Waals surface area (Å²) in [6, 6.07) is 5.11. The number of ether oxygens (including phenoxy) is 2. The average molecular weight is 403 g/mol. The summed E-state index contributed by atoms with van der Waals surface area (Å²) in [6.45, 7) is 3.76. The van der Waals surface area contributed by atoms with Crippen LogP contribution < -0.4 is 14.2 Å². The Labute approximate surface area is 176 Å².